The molecule has 0 heterocycles. The third-order valence-electron chi connectivity index (χ3n) is 2.42. The van der Waals surface area contributed by atoms with Crippen LogP contribution in [0.1, 0.15) is 29.3 Å². The average Bonchev–Trinajstić information content (AvgIpc) is 2.28. The predicted octanol–water partition coefficient (Wildman–Crippen LogP) is 1.84. The Labute approximate surface area is 96.7 Å². The normalized spacial score (nSPS) is 10.2. The van der Waals surface area contributed by atoms with Gasteiger partial charge in [0.05, 0.1) is 6.61 Å². The molecular weight excluding hydrogens is 202 g/mol. The Balaban J connectivity index is 2.81. The van der Waals surface area contributed by atoms with Crippen molar-refractivity contribution >= 4 is 5.91 Å². The van der Waals surface area contributed by atoms with Gasteiger partial charge in [-0.15, -0.1) is 0 Å². The van der Waals surface area contributed by atoms with Crippen LogP contribution in [0.5, 0.6) is 0 Å². The fourth-order valence-corrected chi connectivity index (χ4v) is 1.67. The SMILES string of the molecule is CCCN(CCO)C(=O)c1cccc(C)c1. The number of hydrogen-bond donors (Lipinski definition) is 1. The molecule has 0 bridgehead atoms. The summed E-state index contributed by atoms with van der Waals surface area (Å²) in [6, 6.07) is 7.54. The Kier molecular flexibility index (Phi) is 4.99. The van der Waals surface area contributed by atoms with Crippen molar-refractivity contribution in [2.75, 3.05) is 19.7 Å². The van der Waals surface area contributed by atoms with Crippen molar-refractivity contribution in [3.63, 3.8) is 0 Å². The number of amides is 1. The Morgan fingerprint density at radius 2 is 2.12 bits per heavy atom. The lowest BCUT2D eigenvalue weighted by atomic mass is 10.1. The van der Waals surface area contributed by atoms with Crippen molar-refractivity contribution in [2.45, 2.75) is 20.3 Å². The van der Waals surface area contributed by atoms with Gasteiger partial charge in [0.1, 0.15) is 0 Å². The largest absolute Gasteiger partial charge is 0.395 e. The topological polar surface area (TPSA) is 40.5 Å². The second-order valence-corrected chi connectivity index (χ2v) is 3.89. The van der Waals surface area contributed by atoms with E-state index in [-0.39, 0.29) is 12.5 Å². The monoisotopic (exact) mass is 221 g/mol. The summed E-state index contributed by atoms with van der Waals surface area (Å²) >= 11 is 0. The molecule has 1 aromatic rings. The van der Waals surface area contributed by atoms with Gasteiger partial charge in [0.15, 0.2) is 0 Å². The minimum atomic E-state index is -0.000370. The quantitative estimate of drug-likeness (QED) is 0.824. The maximum atomic E-state index is 12.1. The highest BCUT2D eigenvalue weighted by Gasteiger charge is 2.13. The number of benzene rings is 1. The van der Waals surface area contributed by atoms with E-state index in [4.69, 9.17) is 5.11 Å². The minimum Gasteiger partial charge on any atom is -0.395 e. The molecule has 1 amide bonds. The molecule has 1 N–H and O–H groups in total. The van der Waals surface area contributed by atoms with Gasteiger partial charge in [0.2, 0.25) is 0 Å². The highest BCUT2D eigenvalue weighted by atomic mass is 16.3. The maximum Gasteiger partial charge on any atom is 0.253 e. The molecule has 0 atom stereocenters. The molecule has 0 aromatic heterocycles. The Morgan fingerprint density at radius 1 is 1.38 bits per heavy atom. The first kappa shape index (κ1) is 12.7. The molecule has 0 fully saturated rings. The summed E-state index contributed by atoms with van der Waals surface area (Å²) in [5.74, 6) is -0.000370. The van der Waals surface area contributed by atoms with Crippen molar-refractivity contribution in [3.05, 3.63) is 35.4 Å². The van der Waals surface area contributed by atoms with Gasteiger partial charge in [-0.1, -0.05) is 24.6 Å². The van der Waals surface area contributed by atoms with Gasteiger partial charge in [0.25, 0.3) is 5.91 Å². The zero-order valence-corrected chi connectivity index (χ0v) is 9.94. The summed E-state index contributed by atoms with van der Waals surface area (Å²) in [7, 11) is 0. The Hall–Kier alpha value is -1.35. The molecule has 3 nitrogen and oxygen atoms in total. The van der Waals surface area contributed by atoms with Crippen molar-refractivity contribution in [1.29, 1.82) is 0 Å². The number of aliphatic hydroxyl groups excluding tert-OH is 1. The molecule has 0 aliphatic carbocycles. The van der Waals surface area contributed by atoms with Gasteiger partial charge in [-0.05, 0) is 25.5 Å². The van der Waals surface area contributed by atoms with Crippen LogP contribution in [0.4, 0.5) is 0 Å². The highest BCUT2D eigenvalue weighted by Crippen LogP contribution is 2.08. The molecule has 3 heteroatoms. The molecule has 0 aliphatic heterocycles. The van der Waals surface area contributed by atoms with Crippen LogP contribution in [0.3, 0.4) is 0 Å². The predicted molar refractivity (Wildman–Crippen MR) is 64.5 cm³/mol. The van der Waals surface area contributed by atoms with Crippen LogP contribution < -0.4 is 0 Å². The Bertz CT molecular complexity index is 344. The highest BCUT2D eigenvalue weighted by molar-refractivity contribution is 5.94. The number of nitrogens with zero attached hydrogens (tertiary/aromatic N) is 1. The van der Waals surface area contributed by atoms with Crippen molar-refractivity contribution < 1.29 is 9.90 Å². The van der Waals surface area contributed by atoms with E-state index in [1.165, 1.54) is 0 Å². The molecule has 0 aliphatic rings. The standard InChI is InChI=1S/C13H19NO2/c1-3-7-14(8-9-15)13(16)12-6-4-5-11(2)10-12/h4-6,10,15H,3,7-9H2,1-2H3. The molecule has 1 rings (SSSR count). The summed E-state index contributed by atoms with van der Waals surface area (Å²) in [5, 5.41) is 8.92. The van der Waals surface area contributed by atoms with E-state index in [2.05, 4.69) is 0 Å². The van der Waals surface area contributed by atoms with Crippen molar-refractivity contribution in [3.8, 4) is 0 Å². The fraction of sp³-hybridized carbons (Fsp3) is 0.462. The van der Waals surface area contributed by atoms with Gasteiger partial charge < -0.3 is 10.0 Å². The maximum absolute atomic E-state index is 12.1. The first-order chi connectivity index (χ1) is 7.69. The van der Waals surface area contributed by atoms with E-state index in [0.717, 1.165) is 12.0 Å². The number of hydrogen-bond acceptors (Lipinski definition) is 2. The van der Waals surface area contributed by atoms with Gasteiger partial charge >= 0.3 is 0 Å². The first-order valence-corrected chi connectivity index (χ1v) is 5.65. The van der Waals surface area contributed by atoms with E-state index < -0.39 is 0 Å². The molecule has 88 valence electrons. The molecule has 0 unspecified atom stereocenters. The van der Waals surface area contributed by atoms with Crippen LogP contribution in [0, 0.1) is 6.92 Å². The second kappa shape index (κ2) is 6.28. The van der Waals surface area contributed by atoms with Crippen LogP contribution in [-0.2, 0) is 0 Å². The third kappa shape index (κ3) is 3.35. The van der Waals surface area contributed by atoms with Crippen LogP contribution >= 0.6 is 0 Å². The number of aryl methyl sites for hydroxylation is 1. The van der Waals surface area contributed by atoms with Crippen LogP contribution in [0.25, 0.3) is 0 Å². The molecule has 0 saturated heterocycles. The lowest BCUT2D eigenvalue weighted by molar-refractivity contribution is 0.0722. The zero-order valence-electron chi connectivity index (χ0n) is 9.94. The number of carbonyl (C=O) groups excluding carboxylic acids is 1. The van der Waals surface area contributed by atoms with Gasteiger partial charge in [0, 0.05) is 18.7 Å². The lowest BCUT2D eigenvalue weighted by Crippen LogP contribution is -2.34. The smallest absolute Gasteiger partial charge is 0.253 e. The number of carbonyl (C=O) groups is 1. The van der Waals surface area contributed by atoms with Crippen LogP contribution in [0.15, 0.2) is 24.3 Å². The van der Waals surface area contributed by atoms with Crippen molar-refractivity contribution in [1.82, 2.24) is 4.90 Å². The second-order valence-electron chi connectivity index (χ2n) is 3.89. The van der Waals surface area contributed by atoms with Crippen LogP contribution in [0.2, 0.25) is 0 Å². The molecule has 0 saturated carbocycles. The molecule has 16 heavy (non-hydrogen) atoms. The van der Waals surface area contributed by atoms with E-state index in [0.29, 0.717) is 18.7 Å². The van der Waals surface area contributed by atoms with E-state index in [9.17, 15) is 4.79 Å². The molecule has 0 radical (unpaired) electrons. The number of rotatable bonds is 5. The van der Waals surface area contributed by atoms with E-state index in [1.54, 1.807) is 4.90 Å². The van der Waals surface area contributed by atoms with Gasteiger partial charge in [-0.25, -0.2) is 0 Å². The third-order valence-corrected chi connectivity index (χ3v) is 2.42. The summed E-state index contributed by atoms with van der Waals surface area (Å²) in [6.07, 6.45) is 0.900. The molecule has 1 aromatic carbocycles. The zero-order chi connectivity index (χ0) is 12.0. The van der Waals surface area contributed by atoms with Crippen molar-refractivity contribution in [2.24, 2.45) is 0 Å². The summed E-state index contributed by atoms with van der Waals surface area (Å²) in [6.45, 7) is 5.09. The van der Waals surface area contributed by atoms with E-state index in [1.807, 2.05) is 38.1 Å². The van der Waals surface area contributed by atoms with Gasteiger partial charge in [-0.2, -0.15) is 0 Å². The summed E-state index contributed by atoms with van der Waals surface area (Å²) in [4.78, 5) is 13.8. The molecule has 0 spiro atoms. The summed E-state index contributed by atoms with van der Waals surface area (Å²) < 4.78 is 0. The first-order valence-electron chi connectivity index (χ1n) is 5.65. The van der Waals surface area contributed by atoms with E-state index >= 15 is 0 Å². The average molecular weight is 221 g/mol. The number of aliphatic hydroxyl groups is 1. The molecular formula is C13H19NO2. The fourth-order valence-electron chi connectivity index (χ4n) is 1.67. The Morgan fingerprint density at radius 3 is 2.69 bits per heavy atom. The minimum absolute atomic E-state index is 0.000370. The lowest BCUT2D eigenvalue weighted by Gasteiger charge is -2.21. The van der Waals surface area contributed by atoms with Gasteiger partial charge in [-0.3, -0.25) is 4.79 Å². The summed E-state index contributed by atoms with van der Waals surface area (Å²) in [5.41, 5.74) is 1.77. The van der Waals surface area contributed by atoms with Crippen LogP contribution in [-0.4, -0.2) is 35.6 Å².